The van der Waals surface area contributed by atoms with E-state index < -0.39 is 0 Å². The Labute approximate surface area is 218 Å². The van der Waals surface area contributed by atoms with E-state index in [2.05, 4.69) is 83.9 Å². The Bertz CT molecular complexity index is 725. The molecule has 29 heavy (non-hydrogen) atoms. The van der Waals surface area contributed by atoms with Gasteiger partial charge in [-0.15, -0.1) is 0 Å². The molecule has 8 heteroatoms. The first kappa shape index (κ1) is 27.7. The van der Waals surface area contributed by atoms with Crippen molar-refractivity contribution in [2.24, 2.45) is 0 Å². The predicted molar refractivity (Wildman–Crippen MR) is 130 cm³/mol. The Hall–Kier alpha value is 0.660. The van der Waals surface area contributed by atoms with Gasteiger partial charge in [0.25, 0.3) is 0 Å². The molecule has 0 radical (unpaired) electrons. The maximum absolute atomic E-state index is 5.92. The molecule has 0 atom stereocenters. The normalized spacial score (nSPS) is 11.4. The second-order valence-corrected chi connectivity index (χ2v) is 11.1. The molecule has 0 saturated heterocycles. The molecule has 0 aliphatic carbocycles. The van der Waals surface area contributed by atoms with E-state index in [1.807, 2.05) is 18.2 Å². The first-order valence-corrected chi connectivity index (χ1v) is 12.8. The standard InChI is InChI=1S/C21H28Br4NO2.BrH/c1-26(2,15-17-9-10-20(25)28-17)11-7-5-3-4-6-8-12-27-21-18(23)13-16(22)14-19(21)24;/h9-10,13-14H,3-8,11-12,15H2,1-2H3;1H/q+1;/p-1. The van der Waals surface area contributed by atoms with Crippen LogP contribution in [-0.2, 0) is 6.54 Å². The van der Waals surface area contributed by atoms with Crippen LogP contribution in [0.4, 0.5) is 0 Å². The van der Waals surface area contributed by atoms with Gasteiger partial charge in [-0.05, 0) is 91.3 Å². The smallest absolute Gasteiger partial charge is 0.169 e. The van der Waals surface area contributed by atoms with Gasteiger partial charge in [0.2, 0.25) is 0 Å². The van der Waals surface area contributed by atoms with Gasteiger partial charge in [0.1, 0.15) is 12.3 Å². The number of hydrogen-bond donors (Lipinski definition) is 0. The molecule has 0 fully saturated rings. The van der Waals surface area contributed by atoms with Gasteiger partial charge in [-0.2, -0.15) is 0 Å². The summed E-state index contributed by atoms with van der Waals surface area (Å²) in [4.78, 5) is 0. The number of quaternary nitrogens is 1. The summed E-state index contributed by atoms with van der Waals surface area (Å²) in [7, 11) is 4.54. The second-order valence-electron chi connectivity index (χ2n) is 7.69. The third-order valence-corrected chi connectivity index (χ3v) is 6.64. The fourth-order valence-electron chi connectivity index (χ4n) is 3.13. The zero-order chi connectivity index (χ0) is 20.6. The van der Waals surface area contributed by atoms with Crippen LogP contribution in [0.2, 0.25) is 0 Å². The molecule has 1 aromatic heterocycles. The molecular weight excluding hydrogens is 698 g/mol. The molecule has 1 aromatic carbocycles. The highest BCUT2D eigenvalue weighted by Crippen LogP contribution is 2.36. The number of hydrogen-bond acceptors (Lipinski definition) is 2. The van der Waals surface area contributed by atoms with Crippen LogP contribution < -0.4 is 21.7 Å². The van der Waals surface area contributed by atoms with Crippen LogP contribution in [0.25, 0.3) is 0 Å². The van der Waals surface area contributed by atoms with Crippen LogP contribution in [-0.4, -0.2) is 31.7 Å². The Morgan fingerprint density at radius 2 is 1.45 bits per heavy atom. The monoisotopic (exact) mass is 721 g/mol. The summed E-state index contributed by atoms with van der Waals surface area (Å²) in [6.45, 7) is 2.86. The Balaban J connectivity index is 0.00000420. The highest BCUT2D eigenvalue weighted by atomic mass is 79.9. The van der Waals surface area contributed by atoms with Gasteiger partial charge in [-0.3, -0.25) is 0 Å². The summed E-state index contributed by atoms with van der Waals surface area (Å²) < 4.78 is 16.3. The fraction of sp³-hybridized carbons (Fsp3) is 0.524. The minimum absolute atomic E-state index is 0. The molecule has 164 valence electrons. The average molecular weight is 726 g/mol. The van der Waals surface area contributed by atoms with Crippen molar-refractivity contribution in [2.45, 2.75) is 45.1 Å². The Morgan fingerprint density at radius 3 is 2.03 bits per heavy atom. The maximum atomic E-state index is 5.92. The lowest BCUT2D eigenvalue weighted by Gasteiger charge is -2.28. The topological polar surface area (TPSA) is 22.4 Å². The minimum Gasteiger partial charge on any atom is -1.00 e. The van der Waals surface area contributed by atoms with E-state index in [9.17, 15) is 0 Å². The highest BCUT2D eigenvalue weighted by molar-refractivity contribution is 9.11. The van der Waals surface area contributed by atoms with Crippen LogP contribution in [0.15, 0.2) is 46.8 Å². The van der Waals surface area contributed by atoms with Crippen molar-refractivity contribution in [2.75, 3.05) is 27.2 Å². The molecular formula is C21H28Br5NO2. The molecule has 0 aliphatic rings. The van der Waals surface area contributed by atoms with Crippen molar-refractivity contribution in [3.05, 3.63) is 48.1 Å². The molecule has 1 heterocycles. The van der Waals surface area contributed by atoms with Crippen molar-refractivity contribution < 1.29 is 30.6 Å². The van der Waals surface area contributed by atoms with Crippen molar-refractivity contribution >= 4 is 63.7 Å². The first-order valence-electron chi connectivity index (χ1n) is 9.60. The van der Waals surface area contributed by atoms with Crippen molar-refractivity contribution in [1.82, 2.24) is 0 Å². The van der Waals surface area contributed by atoms with Crippen molar-refractivity contribution in [1.29, 1.82) is 0 Å². The van der Waals surface area contributed by atoms with Gasteiger partial charge in [0.05, 0.1) is 36.2 Å². The fourth-order valence-corrected chi connectivity index (χ4v) is 5.96. The van der Waals surface area contributed by atoms with Gasteiger partial charge in [-0.25, -0.2) is 0 Å². The van der Waals surface area contributed by atoms with Gasteiger partial charge in [0, 0.05) is 4.47 Å². The van der Waals surface area contributed by atoms with E-state index in [1.165, 1.54) is 38.6 Å². The number of furan rings is 1. The summed E-state index contributed by atoms with van der Waals surface area (Å²) in [5.74, 6) is 1.92. The number of halogens is 5. The summed E-state index contributed by atoms with van der Waals surface area (Å²) in [5.41, 5.74) is 0. The van der Waals surface area contributed by atoms with Gasteiger partial charge in [0.15, 0.2) is 10.4 Å². The largest absolute Gasteiger partial charge is 1.00 e. The van der Waals surface area contributed by atoms with Crippen LogP contribution in [0.1, 0.15) is 44.3 Å². The highest BCUT2D eigenvalue weighted by Gasteiger charge is 2.17. The van der Waals surface area contributed by atoms with E-state index in [-0.39, 0.29) is 17.0 Å². The number of rotatable bonds is 12. The molecule has 2 rings (SSSR count). The van der Waals surface area contributed by atoms with Gasteiger partial charge in [-0.1, -0.05) is 35.2 Å². The van der Waals surface area contributed by atoms with Crippen LogP contribution >= 0.6 is 63.7 Å². The van der Waals surface area contributed by atoms with Crippen LogP contribution in [0.5, 0.6) is 5.75 Å². The van der Waals surface area contributed by atoms with E-state index in [4.69, 9.17) is 9.15 Å². The summed E-state index contributed by atoms with van der Waals surface area (Å²) >= 11 is 14.0. The molecule has 0 bridgehead atoms. The summed E-state index contributed by atoms with van der Waals surface area (Å²) in [6, 6.07) is 8.03. The van der Waals surface area contributed by atoms with Crippen LogP contribution in [0, 0.1) is 0 Å². The Kier molecular flexibility index (Phi) is 13.3. The van der Waals surface area contributed by atoms with E-state index in [1.54, 1.807) is 0 Å². The molecule has 3 nitrogen and oxygen atoms in total. The molecule has 0 amide bonds. The maximum Gasteiger partial charge on any atom is 0.169 e. The first-order chi connectivity index (χ1) is 13.3. The lowest BCUT2D eigenvalue weighted by atomic mass is 10.1. The van der Waals surface area contributed by atoms with Gasteiger partial charge >= 0.3 is 0 Å². The zero-order valence-corrected chi connectivity index (χ0v) is 24.8. The molecule has 0 N–H and O–H groups in total. The Morgan fingerprint density at radius 1 is 0.862 bits per heavy atom. The third kappa shape index (κ3) is 10.7. The van der Waals surface area contributed by atoms with E-state index in [0.717, 1.165) is 53.7 Å². The number of benzene rings is 1. The third-order valence-electron chi connectivity index (χ3n) is 4.58. The van der Waals surface area contributed by atoms with Crippen molar-refractivity contribution in [3.63, 3.8) is 0 Å². The number of ether oxygens (including phenoxy) is 1. The minimum atomic E-state index is 0. The molecule has 0 saturated carbocycles. The van der Waals surface area contributed by atoms with Crippen molar-refractivity contribution in [3.8, 4) is 5.75 Å². The summed E-state index contributed by atoms with van der Waals surface area (Å²) in [5, 5.41) is 0. The summed E-state index contributed by atoms with van der Waals surface area (Å²) in [6.07, 6.45) is 7.40. The van der Waals surface area contributed by atoms with E-state index in [0.29, 0.717) is 0 Å². The molecule has 0 aliphatic heterocycles. The SMILES string of the molecule is C[N+](C)(CCCCCCCCOc1c(Br)cc(Br)cc1Br)Cc1ccc(Br)o1.[Br-]. The average Bonchev–Trinajstić information content (AvgIpc) is 2.99. The number of nitrogens with zero attached hydrogens (tertiary/aromatic N) is 1. The van der Waals surface area contributed by atoms with E-state index >= 15 is 0 Å². The molecule has 0 spiro atoms. The lowest BCUT2D eigenvalue weighted by molar-refractivity contribution is -0.904. The zero-order valence-electron chi connectivity index (χ0n) is 16.8. The van der Waals surface area contributed by atoms with Crippen LogP contribution in [0.3, 0.4) is 0 Å². The predicted octanol–water partition coefficient (Wildman–Crippen LogP) is 5.33. The molecule has 0 unspecified atom stereocenters. The quantitative estimate of drug-likeness (QED) is 0.218. The number of unbranched alkanes of at least 4 members (excludes halogenated alkanes) is 5. The van der Waals surface area contributed by atoms with Gasteiger partial charge < -0.3 is 30.6 Å². The second kappa shape index (κ2) is 13.9. The lowest BCUT2D eigenvalue weighted by Crippen LogP contribution is -3.00. The molecule has 2 aromatic rings.